The van der Waals surface area contributed by atoms with Crippen LogP contribution in [-0.4, -0.2) is 21.3 Å². The van der Waals surface area contributed by atoms with Gasteiger partial charge >= 0.3 is 0 Å². The molecule has 0 saturated carbocycles. The van der Waals surface area contributed by atoms with Crippen LogP contribution in [0, 0.1) is 5.92 Å². The second kappa shape index (κ2) is 8.05. The monoisotopic (exact) mass is 265 g/mol. The molecule has 0 radical (unpaired) electrons. The summed E-state index contributed by atoms with van der Waals surface area (Å²) in [5.74, 6) is 2.45. The largest absolute Gasteiger partial charge is 0.497 e. The zero-order chi connectivity index (χ0) is 14.3. The van der Waals surface area contributed by atoms with Gasteiger partial charge in [-0.15, -0.1) is 0 Å². The van der Waals surface area contributed by atoms with Gasteiger partial charge in [0, 0.05) is 12.1 Å². The summed E-state index contributed by atoms with van der Waals surface area (Å²) in [5, 5.41) is 3.38. The van der Waals surface area contributed by atoms with Crippen molar-refractivity contribution in [2.24, 2.45) is 5.92 Å². The molecule has 0 aliphatic heterocycles. The third kappa shape index (κ3) is 5.11. The maximum atomic E-state index is 5.33. The number of benzene rings is 1. The quantitative estimate of drug-likeness (QED) is 0.775. The Hall–Kier alpha value is -1.22. The predicted octanol–water partition coefficient (Wildman–Crippen LogP) is 3.79. The Labute approximate surface area is 117 Å². The molecule has 0 fully saturated rings. The van der Waals surface area contributed by atoms with Gasteiger partial charge in [0.2, 0.25) is 0 Å². The van der Waals surface area contributed by atoms with Crippen LogP contribution in [-0.2, 0) is 0 Å². The van der Waals surface area contributed by atoms with Crippen molar-refractivity contribution in [3.05, 3.63) is 23.8 Å². The SMILES string of the molecule is CNC(CCCC(C)C)c1cc(OC)cc(OC)c1. The Morgan fingerprint density at radius 2 is 1.58 bits per heavy atom. The molecule has 108 valence electrons. The molecule has 0 heterocycles. The van der Waals surface area contributed by atoms with Crippen molar-refractivity contribution >= 4 is 0 Å². The lowest BCUT2D eigenvalue weighted by atomic mass is 9.98. The molecule has 1 aromatic carbocycles. The van der Waals surface area contributed by atoms with Crippen LogP contribution >= 0.6 is 0 Å². The number of ether oxygens (including phenoxy) is 2. The number of rotatable bonds is 8. The normalized spacial score (nSPS) is 12.5. The molecule has 0 spiro atoms. The zero-order valence-corrected chi connectivity index (χ0v) is 12.8. The fourth-order valence-corrected chi connectivity index (χ4v) is 2.24. The Kier molecular flexibility index (Phi) is 6.71. The van der Waals surface area contributed by atoms with Crippen molar-refractivity contribution in [3.63, 3.8) is 0 Å². The number of methoxy groups -OCH3 is 2. The van der Waals surface area contributed by atoms with E-state index in [1.54, 1.807) is 14.2 Å². The number of hydrogen-bond donors (Lipinski definition) is 1. The van der Waals surface area contributed by atoms with Gasteiger partial charge in [0.05, 0.1) is 14.2 Å². The lowest BCUT2D eigenvalue weighted by Gasteiger charge is -2.19. The molecule has 1 unspecified atom stereocenters. The summed E-state index contributed by atoms with van der Waals surface area (Å²) in [6.07, 6.45) is 3.62. The molecule has 3 heteroatoms. The molecule has 1 rings (SSSR count). The summed E-state index contributed by atoms with van der Waals surface area (Å²) in [6, 6.07) is 6.42. The van der Waals surface area contributed by atoms with E-state index >= 15 is 0 Å². The van der Waals surface area contributed by atoms with Crippen LogP contribution in [0.5, 0.6) is 11.5 Å². The smallest absolute Gasteiger partial charge is 0.122 e. The lowest BCUT2D eigenvalue weighted by molar-refractivity contribution is 0.390. The second-order valence-corrected chi connectivity index (χ2v) is 5.31. The molecule has 0 aliphatic carbocycles. The second-order valence-electron chi connectivity index (χ2n) is 5.31. The summed E-state index contributed by atoms with van der Waals surface area (Å²) in [7, 11) is 5.38. The molecule has 1 atom stereocenters. The van der Waals surface area contributed by atoms with E-state index in [9.17, 15) is 0 Å². The van der Waals surface area contributed by atoms with E-state index in [1.165, 1.54) is 18.4 Å². The highest BCUT2D eigenvalue weighted by atomic mass is 16.5. The van der Waals surface area contributed by atoms with Gasteiger partial charge in [0.25, 0.3) is 0 Å². The first-order valence-corrected chi connectivity index (χ1v) is 7.01. The topological polar surface area (TPSA) is 30.5 Å². The molecule has 1 N–H and O–H groups in total. The van der Waals surface area contributed by atoms with Gasteiger partial charge in [-0.05, 0) is 37.1 Å². The minimum absolute atomic E-state index is 0.350. The van der Waals surface area contributed by atoms with Crippen molar-refractivity contribution < 1.29 is 9.47 Å². The molecule has 19 heavy (non-hydrogen) atoms. The summed E-state index contributed by atoms with van der Waals surface area (Å²) in [4.78, 5) is 0. The Morgan fingerprint density at radius 1 is 1.00 bits per heavy atom. The van der Waals surface area contributed by atoms with Gasteiger partial charge in [0.1, 0.15) is 11.5 Å². The summed E-state index contributed by atoms with van der Waals surface area (Å²) < 4.78 is 10.7. The van der Waals surface area contributed by atoms with Gasteiger partial charge in [0.15, 0.2) is 0 Å². The Morgan fingerprint density at radius 3 is 2.00 bits per heavy atom. The molecule has 0 aromatic heterocycles. The summed E-state index contributed by atoms with van der Waals surface area (Å²) in [6.45, 7) is 4.53. The number of nitrogens with one attached hydrogen (secondary N) is 1. The third-order valence-electron chi connectivity index (χ3n) is 3.40. The fraction of sp³-hybridized carbons (Fsp3) is 0.625. The van der Waals surface area contributed by atoms with Crippen LogP contribution in [0.25, 0.3) is 0 Å². The molecule has 3 nitrogen and oxygen atoms in total. The highest BCUT2D eigenvalue weighted by Gasteiger charge is 2.12. The van der Waals surface area contributed by atoms with Crippen molar-refractivity contribution in [1.82, 2.24) is 5.32 Å². The first-order valence-electron chi connectivity index (χ1n) is 7.01. The molecule has 1 aromatic rings. The first kappa shape index (κ1) is 15.8. The Balaban J connectivity index is 2.78. The van der Waals surface area contributed by atoms with E-state index in [1.807, 2.05) is 13.1 Å². The molecule has 0 saturated heterocycles. The minimum Gasteiger partial charge on any atom is -0.497 e. The van der Waals surface area contributed by atoms with E-state index in [0.29, 0.717) is 6.04 Å². The summed E-state index contributed by atoms with van der Waals surface area (Å²) >= 11 is 0. The third-order valence-corrected chi connectivity index (χ3v) is 3.40. The maximum absolute atomic E-state index is 5.33. The van der Waals surface area contributed by atoms with Crippen LogP contribution in [0.4, 0.5) is 0 Å². The molecule has 0 bridgehead atoms. The van der Waals surface area contributed by atoms with E-state index in [-0.39, 0.29) is 0 Å². The van der Waals surface area contributed by atoms with Crippen LogP contribution in [0.15, 0.2) is 18.2 Å². The van der Waals surface area contributed by atoms with E-state index in [4.69, 9.17) is 9.47 Å². The van der Waals surface area contributed by atoms with Crippen molar-refractivity contribution in [1.29, 1.82) is 0 Å². The first-order chi connectivity index (χ1) is 9.10. The lowest BCUT2D eigenvalue weighted by Crippen LogP contribution is -2.16. The zero-order valence-electron chi connectivity index (χ0n) is 12.8. The number of hydrogen-bond acceptors (Lipinski definition) is 3. The van der Waals surface area contributed by atoms with E-state index in [0.717, 1.165) is 23.8 Å². The average Bonchev–Trinajstić information content (AvgIpc) is 2.42. The van der Waals surface area contributed by atoms with Gasteiger partial charge in [-0.3, -0.25) is 0 Å². The predicted molar refractivity (Wildman–Crippen MR) is 80.0 cm³/mol. The maximum Gasteiger partial charge on any atom is 0.122 e. The highest BCUT2D eigenvalue weighted by Crippen LogP contribution is 2.29. The molecule has 0 amide bonds. The van der Waals surface area contributed by atoms with Crippen LogP contribution in [0.2, 0.25) is 0 Å². The van der Waals surface area contributed by atoms with E-state index in [2.05, 4.69) is 31.3 Å². The molecular formula is C16H27NO2. The van der Waals surface area contributed by atoms with Crippen LogP contribution in [0.1, 0.15) is 44.7 Å². The van der Waals surface area contributed by atoms with Gasteiger partial charge in [-0.2, -0.15) is 0 Å². The average molecular weight is 265 g/mol. The Bertz CT molecular complexity index is 355. The van der Waals surface area contributed by atoms with Gasteiger partial charge in [-0.25, -0.2) is 0 Å². The van der Waals surface area contributed by atoms with E-state index < -0.39 is 0 Å². The standard InChI is InChI=1S/C16H27NO2/c1-12(2)7-6-8-16(17-3)13-9-14(18-4)11-15(10-13)19-5/h9-12,16-17H,6-8H2,1-5H3. The molecule has 0 aliphatic rings. The van der Waals surface area contributed by atoms with Gasteiger partial charge < -0.3 is 14.8 Å². The van der Waals surface area contributed by atoms with Crippen molar-refractivity contribution in [2.75, 3.05) is 21.3 Å². The minimum atomic E-state index is 0.350. The van der Waals surface area contributed by atoms with Crippen LogP contribution in [0.3, 0.4) is 0 Å². The van der Waals surface area contributed by atoms with Crippen LogP contribution < -0.4 is 14.8 Å². The fourth-order valence-electron chi connectivity index (χ4n) is 2.24. The van der Waals surface area contributed by atoms with Gasteiger partial charge in [-0.1, -0.05) is 26.7 Å². The van der Waals surface area contributed by atoms with Crippen molar-refractivity contribution in [3.8, 4) is 11.5 Å². The summed E-state index contributed by atoms with van der Waals surface area (Å²) in [5.41, 5.74) is 1.22. The molecular weight excluding hydrogens is 238 g/mol. The van der Waals surface area contributed by atoms with Crippen molar-refractivity contribution in [2.45, 2.75) is 39.2 Å². The highest BCUT2D eigenvalue weighted by molar-refractivity contribution is 5.39.